The lowest BCUT2D eigenvalue weighted by atomic mass is 9.82. The predicted molar refractivity (Wildman–Crippen MR) is 78.7 cm³/mol. The van der Waals surface area contributed by atoms with Gasteiger partial charge >= 0.3 is 5.97 Å². The standard InChI is InChI=1S/C15H21NO3S/c17-14(8-7-13-2-1-9-20-13)16-10-11-3-5-12(6-4-11)15(18)19/h1-2,9,11-12H,3-8,10H2,(H,16,17)(H,18,19). The molecule has 0 spiro atoms. The summed E-state index contributed by atoms with van der Waals surface area (Å²) in [6.45, 7) is 0.690. The van der Waals surface area contributed by atoms with Crippen LogP contribution in [0.1, 0.15) is 37.0 Å². The number of carboxylic acids is 1. The van der Waals surface area contributed by atoms with E-state index in [-0.39, 0.29) is 11.8 Å². The van der Waals surface area contributed by atoms with E-state index in [1.165, 1.54) is 4.88 Å². The third kappa shape index (κ3) is 4.63. The normalized spacial score (nSPS) is 22.4. The van der Waals surface area contributed by atoms with Gasteiger partial charge in [0.05, 0.1) is 5.92 Å². The van der Waals surface area contributed by atoms with Gasteiger partial charge in [-0.25, -0.2) is 0 Å². The highest BCUT2D eigenvalue weighted by molar-refractivity contribution is 7.09. The molecule has 2 N–H and O–H groups in total. The lowest BCUT2D eigenvalue weighted by Crippen LogP contribution is -2.32. The van der Waals surface area contributed by atoms with Crippen molar-refractivity contribution < 1.29 is 14.7 Å². The van der Waals surface area contributed by atoms with Crippen LogP contribution in [-0.2, 0) is 16.0 Å². The van der Waals surface area contributed by atoms with E-state index in [1.807, 2.05) is 17.5 Å². The van der Waals surface area contributed by atoms with Crippen LogP contribution in [0.3, 0.4) is 0 Å². The molecule has 0 aromatic carbocycles. The summed E-state index contributed by atoms with van der Waals surface area (Å²) in [6, 6.07) is 4.05. The fourth-order valence-corrected chi connectivity index (χ4v) is 3.36. The lowest BCUT2D eigenvalue weighted by Gasteiger charge is -2.26. The minimum absolute atomic E-state index is 0.0961. The van der Waals surface area contributed by atoms with Crippen molar-refractivity contribution in [3.63, 3.8) is 0 Å². The van der Waals surface area contributed by atoms with Gasteiger partial charge in [-0.2, -0.15) is 0 Å². The Kier molecular flexibility index (Phi) is 5.59. The highest BCUT2D eigenvalue weighted by Gasteiger charge is 2.25. The molecule has 0 aliphatic heterocycles. The first-order valence-corrected chi connectivity index (χ1v) is 8.05. The maximum absolute atomic E-state index is 11.8. The molecule has 1 saturated carbocycles. The molecule has 2 rings (SSSR count). The van der Waals surface area contributed by atoms with Crippen molar-refractivity contribution in [3.8, 4) is 0 Å². The summed E-state index contributed by atoms with van der Waals surface area (Å²) in [7, 11) is 0. The highest BCUT2D eigenvalue weighted by atomic mass is 32.1. The van der Waals surface area contributed by atoms with Gasteiger partial charge in [-0.1, -0.05) is 6.07 Å². The number of nitrogens with one attached hydrogen (secondary N) is 1. The van der Waals surface area contributed by atoms with Crippen molar-refractivity contribution in [1.29, 1.82) is 0 Å². The van der Waals surface area contributed by atoms with Crippen molar-refractivity contribution in [2.75, 3.05) is 6.54 Å². The number of hydrogen-bond donors (Lipinski definition) is 2. The van der Waals surface area contributed by atoms with Gasteiger partial charge in [0.1, 0.15) is 0 Å². The van der Waals surface area contributed by atoms with Crippen molar-refractivity contribution >= 4 is 23.2 Å². The second-order valence-electron chi connectivity index (χ2n) is 5.44. The average molecular weight is 295 g/mol. The predicted octanol–water partition coefficient (Wildman–Crippen LogP) is 2.69. The number of thiophene rings is 1. The Labute approximate surface area is 123 Å². The minimum Gasteiger partial charge on any atom is -0.481 e. The summed E-state index contributed by atoms with van der Waals surface area (Å²) in [4.78, 5) is 23.8. The van der Waals surface area contributed by atoms with Crippen LogP contribution < -0.4 is 5.32 Å². The number of carboxylic acid groups (broad SMARTS) is 1. The third-order valence-corrected chi connectivity index (χ3v) is 4.90. The minimum atomic E-state index is -0.677. The number of rotatable bonds is 6. The zero-order valence-electron chi connectivity index (χ0n) is 11.5. The average Bonchev–Trinajstić information content (AvgIpc) is 2.96. The SMILES string of the molecule is O=C(CCc1cccs1)NCC1CCC(C(=O)O)CC1. The van der Waals surface area contributed by atoms with E-state index in [4.69, 9.17) is 5.11 Å². The molecule has 1 aromatic heterocycles. The maximum atomic E-state index is 11.8. The first-order valence-electron chi connectivity index (χ1n) is 7.17. The summed E-state index contributed by atoms with van der Waals surface area (Å²) >= 11 is 1.68. The first kappa shape index (κ1) is 15.0. The third-order valence-electron chi connectivity index (χ3n) is 3.96. The van der Waals surface area contributed by atoms with Crippen LogP contribution in [0.15, 0.2) is 17.5 Å². The molecule has 5 heteroatoms. The van der Waals surface area contributed by atoms with Gasteiger partial charge in [0, 0.05) is 17.8 Å². The van der Waals surface area contributed by atoms with Crippen molar-refractivity contribution in [2.24, 2.45) is 11.8 Å². The molecule has 0 unspecified atom stereocenters. The molecule has 1 aliphatic carbocycles. The Morgan fingerprint density at radius 1 is 1.30 bits per heavy atom. The molecule has 1 aromatic rings. The monoisotopic (exact) mass is 295 g/mol. The molecular formula is C15H21NO3S. The van der Waals surface area contributed by atoms with Gasteiger partial charge in [0.2, 0.25) is 5.91 Å². The van der Waals surface area contributed by atoms with E-state index < -0.39 is 5.97 Å². The molecule has 0 bridgehead atoms. The highest BCUT2D eigenvalue weighted by Crippen LogP contribution is 2.28. The molecule has 1 aliphatic rings. The van der Waals surface area contributed by atoms with Crippen molar-refractivity contribution in [2.45, 2.75) is 38.5 Å². The van der Waals surface area contributed by atoms with E-state index in [9.17, 15) is 9.59 Å². The van der Waals surface area contributed by atoms with E-state index in [0.717, 1.165) is 32.1 Å². The van der Waals surface area contributed by atoms with Crippen LogP contribution in [0, 0.1) is 11.8 Å². The molecule has 4 nitrogen and oxygen atoms in total. The van der Waals surface area contributed by atoms with E-state index in [2.05, 4.69) is 5.32 Å². The number of hydrogen-bond acceptors (Lipinski definition) is 3. The molecule has 0 saturated heterocycles. The number of aryl methyl sites for hydroxylation is 1. The van der Waals surface area contributed by atoms with Crippen LogP contribution in [0.5, 0.6) is 0 Å². The number of carbonyl (C=O) groups is 2. The van der Waals surface area contributed by atoms with E-state index in [1.54, 1.807) is 11.3 Å². The van der Waals surface area contributed by atoms with E-state index in [0.29, 0.717) is 18.9 Å². The molecule has 1 heterocycles. The fourth-order valence-electron chi connectivity index (χ4n) is 2.65. The number of aliphatic carboxylic acids is 1. The zero-order chi connectivity index (χ0) is 14.4. The Hall–Kier alpha value is -1.36. The van der Waals surface area contributed by atoms with Crippen LogP contribution in [0.25, 0.3) is 0 Å². The number of amides is 1. The smallest absolute Gasteiger partial charge is 0.306 e. The number of carbonyl (C=O) groups excluding carboxylic acids is 1. The van der Waals surface area contributed by atoms with Crippen LogP contribution in [0.2, 0.25) is 0 Å². The second-order valence-corrected chi connectivity index (χ2v) is 6.47. The van der Waals surface area contributed by atoms with Gasteiger partial charge in [-0.05, 0) is 49.5 Å². The first-order chi connectivity index (χ1) is 9.65. The molecule has 1 amide bonds. The summed E-state index contributed by atoms with van der Waals surface area (Å²) in [5.41, 5.74) is 0. The van der Waals surface area contributed by atoms with Gasteiger partial charge in [-0.3, -0.25) is 9.59 Å². The van der Waals surface area contributed by atoms with Gasteiger partial charge in [0.15, 0.2) is 0 Å². The Bertz CT molecular complexity index is 436. The van der Waals surface area contributed by atoms with Crippen LogP contribution in [-0.4, -0.2) is 23.5 Å². The van der Waals surface area contributed by atoms with Gasteiger partial charge in [-0.15, -0.1) is 11.3 Å². The van der Waals surface area contributed by atoms with Gasteiger partial charge in [0.25, 0.3) is 0 Å². The Balaban J connectivity index is 1.61. The van der Waals surface area contributed by atoms with Gasteiger partial charge < -0.3 is 10.4 Å². The summed E-state index contributed by atoms with van der Waals surface area (Å²) in [5, 5.41) is 13.9. The zero-order valence-corrected chi connectivity index (χ0v) is 12.3. The lowest BCUT2D eigenvalue weighted by molar-refractivity contribution is -0.143. The topological polar surface area (TPSA) is 66.4 Å². The van der Waals surface area contributed by atoms with Crippen molar-refractivity contribution in [1.82, 2.24) is 5.32 Å². The summed E-state index contributed by atoms with van der Waals surface area (Å²) in [5.74, 6) is -0.320. The molecule has 0 radical (unpaired) electrons. The molecular weight excluding hydrogens is 274 g/mol. The van der Waals surface area contributed by atoms with E-state index >= 15 is 0 Å². The second kappa shape index (κ2) is 7.43. The fraction of sp³-hybridized carbons (Fsp3) is 0.600. The largest absolute Gasteiger partial charge is 0.481 e. The molecule has 20 heavy (non-hydrogen) atoms. The van der Waals surface area contributed by atoms with Crippen LogP contribution >= 0.6 is 11.3 Å². The Morgan fingerprint density at radius 2 is 2.05 bits per heavy atom. The Morgan fingerprint density at radius 3 is 2.65 bits per heavy atom. The van der Waals surface area contributed by atoms with Crippen LogP contribution in [0.4, 0.5) is 0 Å². The molecule has 0 atom stereocenters. The summed E-state index contributed by atoms with van der Waals surface area (Å²) in [6.07, 6.45) is 4.63. The molecule has 1 fully saturated rings. The molecule has 110 valence electrons. The van der Waals surface area contributed by atoms with Crippen molar-refractivity contribution in [3.05, 3.63) is 22.4 Å². The quantitative estimate of drug-likeness (QED) is 0.848. The maximum Gasteiger partial charge on any atom is 0.306 e. The summed E-state index contributed by atoms with van der Waals surface area (Å²) < 4.78 is 0.